The van der Waals surface area contributed by atoms with Gasteiger partial charge in [0.05, 0.1) is 11.3 Å². The van der Waals surface area contributed by atoms with Crippen LogP contribution in [-0.4, -0.2) is 38.1 Å². The van der Waals surface area contributed by atoms with E-state index in [0.29, 0.717) is 11.6 Å². The van der Waals surface area contributed by atoms with Gasteiger partial charge < -0.3 is 9.80 Å². The van der Waals surface area contributed by atoms with Crippen molar-refractivity contribution in [3.05, 3.63) is 29.6 Å². The van der Waals surface area contributed by atoms with Crippen molar-refractivity contribution in [3.8, 4) is 6.07 Å². The second-order valence-corrected chi connectivity index (χ2v) is 5.61. The third kappa shape index (κ3) is 3.49. The van der Waals surface area contributed by atoms with E-state index in [0.717, 1.165) is 18.7 Å². The maximum absolute atomic E-state index is 13.1. The Morgan fingerprint density at radius 3 is 2.95 bits per heavy atom. The van der Waals surface area contributed by atoms with Gasteiger partial charge in [0, 0.05) is 19.6 Å². The summed E-state index contributed by atoms with van der Waals surface area (Å²) < 4.78 is 13.1. The molecule has 0 spiro atoms. The van der Waals surface area contributed by atoms with Gasteiger partial charge in [-0.3, -0.25) is 0 Å². The Kier molecular flexibility index (Phi) is 4.97. The predicted molar refractivity (Wildman–Crippen MR) is 79.3 cm³/mol. The number of benzene rings is 1. The second-order valence-electron chi connectivity index (χ2n) is 5.61. The summed E-state index contributed by atoms with van der Waals surface area (Å²) in [5, 5.41) is 9.10. The molecule has 1 aromatic carbocycles. The summed E-state index contributed by atoms with van der Waals surface area (Å²) >= 11 is 0. The van der Waals surface area contributed by atoms with Crippen LogP contribution in [0.1, 0.15) is 31.2 Å². The van der Waals surface area contributed by atoms with Gasteiger partial charge in [-0.25, -0.2) is 4.39 Å². The van der Waals surface area contributed by atoms with Gasteiger partial charge in [0.25, 0.3) is 0 Å². The Balaban J connectivity index is 1.98. The summed E-state index contributed by atoms with van der Waals surface area (Å²) in [6.45, 7) is 2.06. The van der Waals surface area contributed by atoms with Crippen LogP contribution in [0, 0.1) is 17.1 Å². The number of hydrogen-bond donors (Lipinski definition) is 0. The molecule has 0 amide bonds. The van der Waals surface area contributed by atoms with Crippen LogP contribution in [-0.2, 0) is 0 Å². The number of hydrogen-bond acceptors (Lipinski definition) is 3. The second kappa shape index (κ2) is 6.71. The molecule has 1 heterocycles. The van der Waals surface area contributed by atoms with Gasteiger partial charge in [0.1, 0.15) is 11.9 Å². The molecule has 0 aromatic heterocycles. The standard InChI is InChI=1S/C16H22FN3/c1-19-9-4-3-5-15(19)8-10-20(2)16-7-6-14(17)11-13(16)12-18/h6-7,11,15H,3-5,8-10H2,1-2H3. The summed E-state index contributed by atoms with van der Waals surface area (Å²) in [4.78, 5) is 4.48. The molecular formula is C16H22FN3. The van der Waals surface area contributed by atoms with E-state index >= 15 is 0 Å². The van der Waals surface area contributed by atoms with E-state index in [4.69, 9.17) is 5.26 Å². The van der Waals surface area contributed by atoms with E-state index in [1.165, 1.54) is 37.9 Å². The first-order chi connectivity index (χ1) is 9.61. The molecule has 0 aliphatic carbocycles. The molecule has 1 aliphatic rings. The van der Waals surface area contributed by atoms with E-state index in [1.807, 2.05) is 7.05 Å². The number of halogens is 1. The van der Waals surface area contributed by atoms with E-state index in [1.54, 1.807) is 6.07 Å². The van der Waals surface area contributed by atoms with E-state index in [-0.39, 0.29) is 5.82 Å². The van der Waals surface area contributed by atoms with Crippen LogP contribution in [0.2, 0.25) is 0 Å². The quantitative estimate of drug-likeness (QED) is 0.846. The predicted octanol–water partition coefficient (Wildman–Crippen LogP) is 3.01. The van der Waals surface area contributed by atoms with Crippen LogP contribution < -0.4 is 4.90 Å². The lowest BCUT2D eigenvalue weighted by Gasteiger charge is -2.34. The van der Waals surface area contributed by atoms with Crippen LogP contribution in [0.5, 0.6) is 0 Å². The topological polar surface area (TPSA) is 30.3 Å². The molecule has 1 atom stereocenters. The molecule has 0 bridgehead atoms. The highest BCUT2D eigenvalue weighted by Crippen LogP contribution is 2.22. The third-order valence-electron chi connectivity index (χ3n) is 4.21. The van der Waals surface area contributed by atoms with Gasteiger partial charge in [-0.1, -0.05) is 6.42 Å². The van der Waals surface area contributed by atoms with Crippen molar-refractivity contribution < 1.29 is 4.39 Å². The van der Waals surface area contributed by atoms with Gasteiger partial charge in [-0.05, 0) is 51.1 Å². The molecule has 1 aromatic rings. The van der Waals surface area contributed by atoms with Crippen molar-refractivity contribution in [3.63, 3.8) is 0 Å². The lowest BCUT2D eigenvalue weighted by Crippen LogP contribution is -2.38. The van der Waals surface area contributed by atoms with E-state index in [2.05, 4.69) is 22.9 Å². The molecule has 0 radical (unpaired) electrons. The number of nitrogens with zero attached hydrogens (tertiary/aromatic N) is 3. The summed E-state index contributed by atoms with van der Waals surface area (Å²) in [5.41, 5.74) is 1.22. The summed E-state index contributed by atoms with van der Waals surface area (Å²) in [5.74, 6) is -0.356. The van der Waals surface area contributed by atoms with Gasteiger partial charge >= 0.3 is 0 Å². The van der Waals surface area contributed by atoms with Crippen molar-refractivity contribution in [1.29, 1.82) is 5.26 Å². The zero-order valence-corrected chi connectivity index (χ0v) is 12.3. The van der Waals surface area contributed by atoms with Crippen LogP contribution in [0.15, 0.2) is 18.2 Å². The molecule has 1 aliphatic heterocycles. The summed E-state index contributed by atoms with van der Waals surface area (Å²) in [7, 11) is 4.15. The van der Waals surface area contributed by atoms with Crippen molar-refractivity contribution >= 4 is 5.69 Å². The highest BCUT2D eigenvalue weighted by atomic mass is 19.1. The minimum Gasteiger partial charge on any atom is -0.373 e. The Hall–Kier alpha value is -1.60. The number of nitriles is 1. The summed E-state index contributed by atoms with van der Waals surface area (Å²) in [6, 6.07) is 7.11. The van der Waals surface area contributed by atoms with Crippen molar-refractivity contribution in [2.75, 3.05) is 32.1 Å². The number of anilines is 1. The first kappa shape index (κ1) is 14.8. The van der Waals surface area contributed by atoms with E-state index in [9.17, 15) is 4.39 Å². The number of rotatable bonds is 4. The van der Waals surface area contributed by atoms with Crippen LogP contribution in [0.4, 0.5) is 10.1 Å². The average Bonchev–Trinajstić information content (AvgIpc) is 2.46. The molecule has 4 heteroatoms. The molecule has 2 rings (SSSR count). The van der Waals surface area contributed by atoms with Crippen molar-refractivity contribution in [1.82, 2.24) is 4.90 Å². The van der Waals surface area contributed by atoms with Crippen molar-refractivity contribution in [2.45, 2.75) is 31.7 Å². The minimum atomic E-state index is -0.356. The lowest BCUT2D eigenvalue weighted by atomic mass is 10.00. The van der Waals surface area contributed by atoms with Gasteiger partial charge in [0.2, 0.25) is 0 Å². The molecular weight excluding hydrogens is 253 g/mol. The maximum Gasteiger partial charge on any atom is 0.124 e. The fourth-order valence-electron chi connectivity index (χ4n) is 2.90. The van der Waals surface area contributed by atoms with Gasteiger partial charge in [-0.2, -0.15) is 5.26 Å². The van der Waals surface area contributed by atoms with Crippen molar-refractivity contribution in [2.24, 2.45) is 0 Å². The zero-order valence-electron chi connectivity index (χ0n) is 12.3. The Labute approximate surface area is 120 Å². The van der Waals surface area contributed by atoms with Crippen LogP contribution >= 0.6 is 0 Å². The van der Waals surface area contributed by atoms with E-state index < -0.39 is 0 Å². The smallest absolute Gasteiger partial charge is 0.124 e. The largest absolute Gasteiger partial charge is 0.373 e. The first-order valence-electron chi connectivity index (χ1n) is 7.23. The summed E-state index contributed by atoms with van der Waals surface area (Å²) in [6.07, 6.45) is 4.92. The molecule has 1 saturated heterocycles. The third-order valence-corrected chi connectivity index (χ3v) is 4.21. The normalized spacial score (nSPS) is 19.6. The highest BCUT2D eigenvalue weighted by Gasteiger charge is 2.19. The van der Waals surface area contributed by atoms with Crippen LogP contribution in [0.3, 0.4) is 0 Å². The molecule has 1 fully saturated rings. The fraction of sp³-hybridized carbons (Fsp3) is 0.562. The number of piperidine rings is 1. The molecule has 20 heavy (non-hydrogen) atoms. The van der Waals surface area contributed by atoms with Gasteiger partial charge in [-0.15, -0.1) is 0 Å². The Morgan fingerprint density at radius 1 is 1.45 bits per heavy atom. The van der Waals surface area contributed by atoms with Gasteiger partial charge in [0.15, 0.2) is 0 Å². The van der Waals surface area contributed by atoms with Crippen LogP contribution in [0.25, 0.3) is 0 Å². The average molecular weight is 275 g/mol. The first-order valence-corrected chi connectivity index (χ1v) is 7.23. The molecule has 1 unspecified atom stereocenters. The highest BCUT2D eigenvalue weighted by molar-refractivity contribution is 5.58. The Morgan fingerprint density at radius 2 is 2.25 bits per heavy atom. The zero-order chi connectivity index (χ0) is 14.5. The molecule has 3 nitrogen and oxygen atoms in total. The SMILES string of the molecule is CN(CCC1CCCCN1C)c1ccc(F)cc1C#N. The number of likely N-dealkylation sites (tertiary alicyclic amines) is 1. The lowest BCUT2D eigenvalue weighted by molar-refractivity contribution is 0.178. The minimum absolute atomic E-state index is 0.356. The Bertz CT molecular complexity index is 495. The maximum atomic E-state index is 13.1. The molecule has 0 saturated carbocycles. The monoisotopic (exact) mass is 275 g/mol. The molecule has 0 N–H and O–H groups in total. The molecule has 108 valence electrons. The fourth-order valence-corrected chi connectivity index (χ4v) is 2.90.